The Morgan fingerprint density at radius 2 is 2.33 bits per heavy atom. The van der Waals surface area contributed by atoms with Crippen LogP contribution in [0.4, 0.5) is 4.39 Å². The Kier molecular flexibility index (Phi) is 3.83. The predicted octanol–water partition coefficient (Wildman–Crippen LogP) is 0.496. The van der Waals surface area contributed by atoms with Crippen LogP contribution in [0.5, 0.6) is 0 Å². The summed E-state index contributed by atoms with van der Waals surface area (Å²) >= 11 is 0. The molecule has 0 radical (unpaired) electrons. The first-order valence-corrected chi connectivity index (χ1v) is 4.39. The first-order chi connectivity index (χ1) is 7.19. The summed E-state index contributed by atoms with van der Waals surface area (Å²) in [5.74, 6) is 4.51. The number of carbonyl (C=O) groups is 1. The first-order valence-electron chi connectivity index (χ1n) is 4.39. The first kappa shape index (κ1) is 11.2. The van der Waals surface area contributed by atoms with E-state index in [1.165, 1.54) is 25.2 Å². The standard InChI is InChI=1S/C11H11FN2O/c1-14-11(15)10-5-4-9(12)7-8(10)3-2-6-13/h4-5,7H,6,13H2,1H3,(H,14,15). The van der Waals surface area contributed by atoms with Crippen molar-refractivity contribution in [1.82, 2.24) is 5.32 Å². The fraction of sp³-hybridized carbons (Fsp3) is 0.182. The normalized spacial score (nSPS) is 9.00. The molecule has 0 spiro atoms. The van der Waals surface area contributed by atoms with Crippen LogP contribution < -0.4 is 11.1 Å². The van der Waals surface area contributed by atoms with Crippen LogP contribution in [-0.4, -0.2) is 19.5 Å². The van der Waals surface area contributed by atoms with E-state index in [9.17, 15) is 9.18 Å². The zero-order valence-corrected chi connectivity index (χ0v) is 8.30. The maximum absolute atomic E-state index is 12.9. The van der Waals surface area contributed by atoms with E-state index in [4.69, 9.17) is 5.73 Å². The highest BCUT2D eigenvalue weighted by Crippen LogP contribution is 2.10. The Bertz CT molecular complexity index is 432. The van der Waals surface area contributed by atoms with Gasteiger partial charge in [0, 0.05) is 12.6 Å². The third-order valence-electron chi connectivity index (χ3n) is 1.78. The number of nitrogens with two attached hydrogens (primary N) is 1. The van der Waals surface area contributed by atoms with Gasteiger partial charge in [-0.15, -0.1) is 0 Å². The lowest BCUT2D eigenvalue weighted by atomic mass is 10.1. The molecular weight excluding hydrogens is 195 g/mol. The van der Waals surface area contributed by atoms with Crippen LogP contribution in [0.2, 0.25) is 0 Å². The van der Waals surface area contributed by atoms with Gasteiger partial charge in [0.05, 0.1) is 12.1 Å². The van der Waals surface area contributed by atoms with Gasteiger partial charge >= 0.3 is 0 Å². The van der Waals surface area contributed by atoms with Crippen molar-refractivity contribution in [2.45, 2.75) is 0 Å². The minimum Gasteiger partial charge on any atom is -0.355 e. The van der Waals surface area contributed by atoms with Gasteiger partial charge in [-0.1, -0.05) is 11.8 Å². The molecule has 4 heteroatoms. The highest BCUT2D eigenvalue weighted by atomic mass is 19.1. The Labute approximate surface area is 87.5 Å². The Morgan fingerprint density at radius 3 is 2.93 bits per heavy atom. The van der Waals surface area contributed by atoms with Gasteiger partial charge < -0.3 is 11.1 Å². The van der Waals surface area contributed by atoms with Crippen molar-refractivity contribution in [1.29, 1.82) is 0 Å². The average molecular weight is 206 g/mol. The molecule has 1 aromatic carbocycles. The molecule has 0 aliphatic carbocycles. The Balaban J connectivity index is 3.20. The molecule has 0 saturated carbocycles. The largest absolute Gasteiger partial charge is 0.355 e. The van der Waals surface area contributed by atoms with Crippen LogP contribution in [0.3, 0.4) is 0 Å². The van der Waals surface area contributed by atoms with E-state index in [1.54, 1.807) is 0 Å². The molecule has 1 rings (SSSR count). The van der Waals surface area contributed by atoms with Gasteiger partial charge in [0.2, 0.25) is 0 Å². The smallest absolute Gasteiger partial charge is 0.252 e. The van der Waals surface area contributed by atoms with Crippen LogP contribution in [-0.2, 0) is 0 Å². The van der Waals surface area contributed by atoms with E-state index in [2.05, 4.69) is 17.2 Å². The number of rotatable bonds is 1. The van der Waals surface area contributed by atoms with E-state index in [0.717, 1.165) is 0 Å². The lowest BCUT2D eigenvalue weighted by Gasteiger charge is -2.02. The molecular formula is C11H11FN2O. The summed E-state index contributed by atoms with van der Waals surface area (Å²) < 4.78 is 12.9. The third-order valence-corrected chi connectivity index (χ3v) is 1.78. The highest BCUT2D eigenvalue weighted by Gasteiger charge is 2.08. The topological polar surface area (TPSA) is 55.1 Å². The Morgan fingerprint density at radius 1 is 1.60 bits per heavy atom. The summed E-state index contributed by atoms with van der Waals surface area (Å²) in [6.45, 7) is 0.170. The number of nitrogens with one attached hydrogen (secondary N) is 1. The number of amides is 1. The van der Waals surface area contributed by atoms with E-state index in [0.29, 0.717) is 11.1 Å². The second-order valence-corrected chi connectivity index (χ2v) is 2.77. The zero-order valence-electron chi connectivity index (χ0n) is 8.30. The summed E-state index contributed by atoms with van der Waals surface area (Å²) in [6.07, 6.45) is 0. The van der Waals surface area contributed by atoms with Crippen molar-refractivity contribution in [2.24, 2.45) is 5.73 Å². The van der Waals surface area contributed by atoms with Crippen LogP contribution >= 0.6 is 0 Å². The van der Waals surface area contributed by atoms with E-state index in [-0.39, 0.29) is 12.5 Å². The molecule has 0 aromatic heterocycles. The maximum atomic E-state index is 12.9. The molecule has 0 saturated heterocycles. The number of carbonyl (C=O) groups excluding carboxylic acids is 1. The van der Waals surface area contributed by atoms with Crippen molar-refractivity contribution >= 4 is 5.91 Å². The monoisotopic (exact) mass is 206 g/mol. The molecule has 1 aromatic rings. The molecule has 0 bridgehead atoms. The molecule has 0 aliphatic rings. The SMILES string of the molecule is CNC(=O)c1ccc(F)cc1C#CCN. The van der Waals surface area contributed by atoms with Crippen LogP contribution in [0.1, 0.15) is 15.9 Å². The van der Waals surface area contributed by atoms with Crippen LogP contribution in [0.25, 0.3) is 0 Å². The van der Waals surface area contributed by atoms with Crippen molar-refractivity contribution in [3.8, 4) is 11.8 Å². The Hall–Kier alpha value is -1.86. The third kappa shape index (κ3) is 2.79. The molecule has 3 nitrogen and oxygen atoms in total. The zero-order chi connectivity index (χ0) is 11.3. The van der Waals surface area contributed by atoms with Gasteiger partial charge in [-0.25, -0.2) is 4.39 Å². The maximum Gasteiger partial charge on any atom is 0.252 e. The summed E-state index contributed by atoms with van der Waals surface area (Å²) in [4.78, 5) is 11.4. The van der Waals surface area contributed by atoms with Gasteiger partial charge in [-0.05, 0) is 18.2 Å². The van der Waals surface area contributed by atoms with Gasteiger partial charge in [-0.2, -0.15) is 0 Å². The van der Waals surface area contributed by atoms with Crippen molar-refractivity contribution < 1.29 is 9.18 Å². The van der Waals surface area contributed by atoms with Gasteiger partial charge in [-0.3, -0.25) is 4.79 Å². The van der Waals surface area contributed by atoms with Gasteiger partial charge in [0.15, 0.2) is 0 Å². The van der Waals surface area contributed by atoms with Crippen LogP contribution in [0, 0.1) is 17.7 Å². The average Bonchev–Trinajstić information content (AvgIpc) is 2.25. The molecule has 15 heavy (non-hydrogen) atoms. The fourth-order valence-corrected chi connectivity index (χ4v) is 1.10. The number of hydrogen-bond donors (Lipinski definition) is 2. The molecule has 3 N–H and O–H groups in total. The predicted molar refractivity (Wildman–Crippen MR) is 55.7 cm³/mol. The van der Waals surface area contributed by atoms with Gasteiger partial charge in [0.1, 0.15) is 5.82 Å². The van der Waals surface area contributed by atoms with Crippen molar-refractivity contribution in [3.63, 3.8) is 0 Å². The molecule has 1 amide bonds. The molecule has 0 unspecified atom stereocenters. The van der Waals surface area contributed by atoms with E-state index < -0.39 is 5.82 Å². The van der Waals surface area contributed by atoms with Crippen molar-refractivity contribution in [2.75, 3.05) is 13.6 Å². The van der Waals surface area contributed by atoms with E-state index in [1.807, 2.05) is 0 Å². The summed E-state index contributed by atoms with van der Waals surface area (Å²) in [5, 5.41) is 2.46. The lowest BCUT2D eigenvalue weighted by molar-refractivity contribution is 0.0963. The number of benzene rings is 1. The minimum absolute atomic E-state index is 0.170. The highest BCUT2D eigenvalue weighted by molar-refractivity contribution is 5.96. The summed E-state index contributed by atoms with van der Waals surface area (Å²) in [5.41, 5.74) is 5.90. The van der Waals surface area contributed by atoms with Gasteiger partial charge in [0.25, 0.3) is 5.91 Å². The second-order valence-electron chi connectivity index (χ2n) is 2.77. The molecule has 0 aliphatic heterocycles. The van der Waals surface area contributed by atoms with Crippen molar-refractivity contribution in [3.05, 3.63) is 35.1 Å². The minimum atomic E-state index is -0.427. The molecule has 78 valence electrons. The summed E-state index contributed by atoms with van der Waals surface area (Å²) in [6, 6.07) is 3.83. The molecule has 0 fully saturated rings. The van der Waals surface area contributed by atoms with Crippen LogP contribution in [0.15, 0.2) is 18.2 Å². The fourth-order valence-electron chi connectivity index (χ4n) is 1.10. The lowest BCUT2D eigenvalue weighted by Crippen LogP contribution is -2.19. The quantitative estimate of drug-likeness (QED) is 0.657. The molecule has 0 atom stereocenters. The molecule has 0 heterocycles. The summed E-state index contributed by atoms with van der Waals surface area (Å²) in [7, 11) is 1.51. The van der Waals surface area contributed by atoms with E-state index >= 15 is 0 Å². The number of hydrogen-bond acceptors (Lipinski definition) is 2. The number of halogens is 1. The second kappa shape index (κ2) is 5.13.